The van der Waals surface area contributed by atoms with Crippen molar-refractivity contribution in [3.63, 3.8) is 0 Å². The molecule has 1 atom stereocenters. The summed E-state index contributed by atoms with van der Waals surface area (Å²) in [7, 11) is 1.85. The van der Waals surface area contributed by atoms with E-state index < -0.39 is 11.8 Å². The molecule has 11 heteroatoms. The highest BCUT2D eigenvalue weighted by atomic mass is 35.5. The smallest absolute Gasteiger partial charge is 0.257 e. The van der Waals surface area contributed by atoms with Crippen LogP contribution in [0.15, 0.2) is 36.8 Å². The summed E-state index contributed by atoms with van der Waals surface area (Å²) in [6.45, 7) is 0.481. The number of hydrogen-bond donors (Lipinski definition) is 3. The van der Waals surface area contributed by atoms with Crippen LogP contribution in [0, 0.1) is 0 Å². The molecule has 8 nitrogen and oxygen atoms in total. The Hall–Kier alpha value is -3.27. The highest BCUT2D eigenvalue weighted by Gasteiger charge is 2.58. The molecule has 0 bridgehead atoms. The van der Waals surface area contributed by atoms with Crippen LogP contribution in [0.1, 0.15) is 23.6 Å². The average Bonchev–Trinajstić information content (AvgIpc) is 3.11. The number of imidazole rings is 1. The number of benzene rings is 1. The maximum absolute atomic E-state index is 13.2. The van der Waals surface area contributed by atoms with Crippen molar-refractivity contribution in [2.45, 2.75) is 24.8 Å². The number of aromatic amines is 2. The van der Waals surface area contributed by atoms with Gasteiger partial charge >= 0.3 is 0 Å². The van der Waals surface area contributed by atoms with Crippen LogP contribution < -0.4 is 10.2 Å². The number of alkyl halides is 2. The predicted molar refractivity (Wildman–Crippen MR) is 109 cm³/mol. The minimum atomic E-state index is -2.64. The molecule has 3 heterocycles. The largest absolute Gasteiger partial charge is 0.345 e. The molecule has 1 saturated carbocycles. The summed E-state index contributed by atoms with van der Waals surface area (Å²) in [6, 6.07) is 7.12. The first-order chi connectivity index (χ1) is 14.4. The molecular formula is C19H17ClF2N8. The summed E-state index contributed by atoms with van der Waals surface area (Å²) in [6.07, 6.45) is 3.07. The Labute approximate surface area is 174 Å². The van der Waals surface area contributed by atoms with Crippen LogP contribution in [0.4, 0.5) is 26.4 Å². The molecule has 5 rings (SSSR count). The van der Waals surface area contributed by atoms with Gasteiger partial charge in [0.2, 0.25) is 5.95 Å². The molecule has 154 valence electrons. The highest BCUT2D eigenvalue weighted by molar-refractivity contribution is 6.35. The Balaban J connectivity index is 1.31. The lowest BCUT2D eigenvalue weighted by molar-refractivity contribution is 0.111. The minimum absolute atomic E-state index is 0.149. The number of nitrogens with one attached hydrogen (secondary N) is 3. The fourth-order valence-electron chi connectivity index (χ4n) is 3.33. The number of rotatable bonds is 6. The van der Waals surface area contributed by atoms with E-state index in [0.717, 1.165) is 16.6 Å². The molecule has 3 aromatic heterocycles. The molecule has 30 heavy (non-hydrogen) atoms. The van der Waals surface area contributed by atoms with Gasteiger partial charge in [-0.15, -0.1) is 0 Å². The predicted octanol–water partition coefficient (Wildman–Crippen LogP) is 4.23. The van der Waals surface area contributed by atoms with Crippen molar-refractivity contribution < 1.29 is 8.78 Å². The van der Waals surface area contributed by atoms with Crippen molar-refractivity contribution in [3.8, 4) is 0 Å². The Morgan fingerprint density at radius 3 is 2.90 bits per heavy atom. The summed E-state index contributed by atoms with van der Waals surface area (Å²) in [5.41, 5.74) is 2.89. The van der Waals surface area contributed by atoms with E-state index in [4.69, 9.17) is 11.6 Å². The normalized spacial score (nSPS) is 17.3. The van der Waals surface area contributed by atoms with Crippen LogP contribution in [-0.2, 0) is 6.54 Å². The lowest BCUT2D eigenvalue weighted by Crippen LogP contribution is -2.19. The van der Waals surface area contributed by atoms with Crippen LogP contribution in [0.5, 0.6) is 0 Å². The zero-order chi connectivity index (χ0) is 20.9. The van der Waals surface area contributed by atoms with Crippen molar-refractivity contribution in [2.75, 3.05) is 17.3 Å². The third kappa shape index (κ3) is 3.43. The van der Waals surface area contributed by atoms with Crippen molar-refractivity contribution in [3.05, 3.63) is 53.1 Å². The lowest BCUT2D eigenvalue weighted by Gasteiger charge is -2.18. The van der Waals surface area contributed by atoms with Crippen LogP contribution in [0.2, 0.25) is 5.02 Å². The van der Waals surface area contributed by atoms with Gasteiger partial charge in [-0.2, -0.15) is 10.1 Å². The summed E-state index contributed by atoms with van der Waals surface area (Å²) >= 11 is 6.48. The first kappa shape index (κ1) is 18.7. The molecule has 1 fully saturated rings. The molecule has 3 N–H and O–H groups in total. The molecule has 0 aliphatic heterocycles. The van der Waals surface area contributed by atoms with E-state index in [9.17, 15) is 8.78 Å². The second-order valence-corrected chi connectivity index (χ2v) is 7.66. The van der Waals surface area contributed by atoms with Gasteiger partial charge in [-0.1, -0.05) is 17.7 Å². The molecule has 0 amide bonds. The number of aromatic nitrogens is 6. The van der Waals surface area contributed by atoms with Crippen LogP contribution >= 0.6 is 11.6 Å². The Morgan fingerprint density at radius 2 is 2.10 bits per heavy atom. The Morgan fingerprint density at radius 1 is 1.27 bits per heavy atom. The number of H-pyrrole nitrogens is 2. The maximum atomic E-state index is 13.2. The molecule has 0 saturated heterocycles. The van der Waals surface area contributed by atoms with Crippen LogP contribution in [0.25, 0.3) is 11.0 Å². The van der Waals surface area contributed by atoms with Crippen molar-refractivity contribution in [2.24, 2.45) is 0 Å². The topological polar surface area (TPSA) is 98.4 Å². The van der Waals surface area contributed by atoms with E-state index >= 15 is 0 Å². The maximum Gasteiger partial charge on any atom is 0.257 e. The Kier molecular flexibility index (Phi) is 4.31. The molecule has 0 unspecified atom stereocenters. The van der Waals surface area contributed by atoms with Gasteiger partial charge in [0.05, 0.1) is 22.8 Å². The third-order valence-corrected chi connectivity index (χ3v) is 5.48. The molecule has 0 spiro atoms. The van der Waals surface area contributed by atoms with Crippen LogP contribution in [0.3, 0.4) is 0 Å². The monoisotopic (exact) mass is 430 g/mol. The van der Waals surface area contributed by atoms with Gasteiger partial charge in [0.15, 0.2) is 5.82 Å². The quantitative estimate of drug-likeness (QED) is 0.423. The fraction of sp³-hybridized carbons (Fsp3) is 0.263. The summed E-state index contributed by atoms with van der Waals surface area (Å²) in [4.78, 5) is 17.9. The minimum Gasteiger partial charge on any atom is -0.345 e. The van der Waals surface area contributed by atoms with Gasteiger partial charge in [-0.3, -0.25) is 5.10 Å². The van der Waals surface area contributed by atoms with E-state index in [1.807, 2.05) is 24.1 Å². The zero-order valence-electron chi connectivity index (χ0n) is 15.8. The van der Waals surface area contributed by atoms with Gasteiger partial charge in [0.25, 0.3) is 5.92 Å². The van der Waals surface area contributed by atoms with E-state index in [0.29, 0.717) is 34.8 Å². The zero-order valence-corrected chi connectivity index (χ0v) is 16.6. The SMILES string of the molecule is CN(Cc1ccc2[nH]cnc2c1Cl)c1nccc(Nc2cc([C@H]3CC3(F)F)[nH]n2)n1. The van der Waals surface area contributed by atoms with Crippen LogP contribution in [-0.4, -0.2) is 43.1 Å². The highest BCUT2D eigenvalue weighted by Crippen LogP contribution is 2.55. The van der Waals surface area contributed by atoms with Gasteiger partial charge in [0.1, 0.15) is 11.3 Å². The lowest BCUT2D eigenvalue weighted by atomic mass is 10.2. The van der Waals surface area contributed by atoms with E-state index in [1.165, 1.54) is 0 Å². The molecule has 1 aliphatic carbocycles. The Bertz CT molecular complexity index is 1220. The van der Waals surface area contributed by atoms with Crippen molar-refractivity contribution in [1.82, 2.24) is 30.1 Å². The van der Waals surface area contributed by atoms with E-state index in [2.05, 4.69) is 35.5 Å². The van der Waals surface area contributed by atoms with E-state index in [1.54, 1.807) is 24.7 Å². The molecular weight excluding hydrogens is 414 g/mol. The fourth-order valence-corrected chi connectivity index (χ4v) is 3.60. The summed E-state index contributed by atoms with van der Waals surface area (Å²) in [5, 5.41) is 10.3. The van der Waals surface area contributed by atoms with Crippen molar-refractivity contribution in [1.29, 1.82) is 0 Å². The number of nitrogens with zero attached hydrogens (tertiary/aromatic N) is 5. The number of halogens is 3. The summed E-state index contributed by atoms with van der Waals surface area (Å²) in [5.74, 6) is -2.03. The second-order valence-electron chi connectivity index (χ2n) is 7.29. The number of fused-ring (bicyclic) bond motifs is 1. The third-order valence-electron chi connectivity index (χ3n) is 5.06. The first-order valence-corrected chi connectivity index (χ1v) is 9.63. The van der Waals surface area contributed by atoms with Crippen molar-refractivity contribution >= 4 is 40.2 Å². The molecule has 1 aromatic carbocycles. The van der Waals surface area contributed by atoms with Gasteiger partial charge in [-0.25, -0.2) is 18.7 Å². The van der Waals surface area contributed by atoms with Gasteiger partial charge < -0.3 is 15.2 Å². The molecule has 4 aromatic rings. The van der Waals surface area contributed by atoms with Gasteiger partial charge in [-0.05, 0) is 17.7 Å². The summed E-state index contributed by atoms with van der Waals surface area (Å²) < 4.78 is 26.5. The molecule has 1 aliphatic rings. The number of anilines is 3. The average molecular weight is 431 g/mol. The molecule has 0 radical (unpaired) electrons. The van der Waals surface area contributed by atoms with Gasteiger partial charge in [0, 0.05) is 38.0 Å². The standard InChI is InChI=1S/C19H17ClF2N8/c1-30(8-10-2-3-12-17(16(10)20)25-9-24-12)18-23-5-4-14(27-18)26-15-6-13(28-29-15)11-7-19(11,21)22/h2-6,9,11H,7-8H2,1H3,(H,24,25)(H2,23,26,27,28,29)/t11-/m1/s1. The first-order valence-electron chi connectivity index (χ1n) is 9.25. The van der Waals surface area contributed by atoms with E-state index in [-0.39, 0.29) is 6.42 Å². The number of hydrogen-bond acceptors (Lipinski definition) is 6. The second kappa shape index (κ2) is 6.91.